The molecule has 0 spiro atoms. The largest absolute Gasteiger partial charge is 0.281 e. The van der Waals surface area contributed by atoms with Gasteiger partial charge in [0.25, 0.3) is 0 Å². The third-order valence-corrected chi connectivity index (χ3v) is 1.96. The minimum absolute atomic E-state index is 0.138. The van der Waals surface area contributed by atoms with Crippen LogP contribution in [0.4, 0.5) is 0 Å². The summed E-state index contributed by atoms with van der Waals surface area (Å²) in [5.74, 6) is 0. The average molecular weight is 173 g/mol. The lowest BCUT2D eigenvalue weighted by Gasteiger charge is -2.11. The van der Waals surface area contributed by atoms with Crippen LogP contribution in [0.15, 0.2) is 23.6 Å². The summed E-state index contributed by atoms with van der Waals surface area (Å²) >= 11 is 0. The average Bonchev–Trinajstić information content (AvgIpc) is 2.27. The molecular formula is C10H11N3. The van der Waals surface area contributed by atoms with Crippen LogP contribution in [0, 0.1) is 0 Å². The van der Waals surface area contributed by atoms with Gasteiger partial charge in [0.15, 0.2) is 0 Å². The summed E-state index contributed by atoms with van der Waals surface area (Å²) in [5, 5.41) is 0. The van der Waals surface area contributed by atoms with Crippen LogP contribution in [0.25, 0.3) is 6.08 Å². The summed E-state index contributed by atoms with van der Waals surface area (Å²) in [4.78, 5) is 12.5. The van der Waals surface area contributed by atoms with Crippen LogP contribution in [0.1, 0.15) is 25.1 Å². The number of fused-ring (bicyclic) bond motifs is 1. The van der Waals surface area contributed by atoms with E-state index in [9.17, 15) is 0 Å². The number of aliphatic imine (C=N–C) groups is 1. The monoisotopic (exact) mass is 173 g/mol. The van der Waals surface area contributed by atoms with E-state index in [1.54, 1.807) is 12.4 Å². The van der Waals surface area contributed by atoms with Gasteiger partial charge in [-0.1, -0.05) is 12.2 Å². The second-order valence-corrected chi connectivity index (χ2v) is 3.61. The van der Waals surface area contributed by atoms with Crippen LogP contribution in [0.2, 0.25) is 0 Å². The highest BCUT2D eigenvalue weighted by molar-refractivity contribution is 5.84. The van der Waals surface area contributed by atoms with E-state index in [4.69, 9.17) is 0 Å². The zero-order chi connectivity index (χ0) is 9.31. The van der Waals surface area contributed by atoms with Crippen molar-refractivity contribution in [3.05, 3.63) is 29.9 Å². The molecule has 1 aromatic rings. The number of rotatable bonds is 0. The van der Waals surface area contributed by atoms with Crippen molar-refractivity contribution in [1.82, 2.24) is 9.97 Å². The van der Waals surface area contributed by atoms with Crippen molar-refractivity contribution in [2.75, 3.05) is 0 Å². The zero-order valence-corrected chi connectivity index (χ0v) is 7.73. The van der Waals surface area contributed by atoms with Gasteiger partial charge in [-0.05, 0) is 13.8 Å². The van der Waals surface area contributed by atoms with Gasteiger partial charge in [0, 0.05) is 18.0 Å². The Kier molecular flexibility index (Phi) is 1.72. The number of hydrogen-bond acceptors (Lipinski definition) is 3. The Hall–Kier alpha value is -1.51. The summed E-state index contributed by atoms with van der Waals surface area (Å²) in [6.07, 6.45) is 9.21. The highest BCUT2D eigenvalue weighted by atomic mass is 14.9. The molecule has 0 fully saturated rings. The van der Waals surface area contributed by atoms with E-state index in [-0.39, 0.29) is 5.54 Å². The van der Waals surface area contributed by atoms with Gasteiger partial charge in [0.05, 0.1) is 11.2 Å². The first-order valence-corrected chi connectivity index (χ1v) is 4.22. The molecule has 66 valence electrons. The maximum absolute atomic E-state index is 4.39. The lowest BCUT2D eigenvalue weighted by atomic mass is 10.1. The normalized spacial score (nSPS) is 18.0. The van der Waals surface area contributed by atoms with E-state index in [1.165, 1.54) is 6.33 Å². The molecule has 0 bridgehead atoms. The summed E-state index contributed by atoms with van der Waals surface area (Å²) in [7, 11) is 0. The fraction of sp³-hybridized carbons (Fsp3) is 0.300. The van der Waals surface area contributed by atoms with Gasteiger partial charge < -0.3 is 0 Å². The Morgan fingerprint density at radius 2 is 2.15 bits per heavy atom. The molecule has 0 atom stereocenters. The Morgan fingerprint density at radius 3 is 3.00 bits per heavy atom. The number of hydrogen-bond donors (Lipinski definition) is 0. The predicted octanol–water partition coefficient (Wildman–Crippen LogP) is 1.70. The van der Waals surface area contributed by atoms with E-state index in [0.29, 0.717) is 0 Å². The molecule has 1 aromatic heterocycles. The van der Waals surface area contributed by atoms with Crippen LogP contribution in [0.3, 0.4) is 0 Å². The summed E-state index contributed by atoms with van der Waals surface area (Å²) in [5.41, 5.74) is 1.77. The minimum Gasteiger partial charge on any atom is -0.281 e. The SMILES string of the molecule is CC1(C)C=Cc2cncnc2C=N1. The van der Waals surface area contributed by atoms with Crippen molar-refractivity contribution >= 4 is 12.3 Å². The fourth-order valence-electron chi connectivity index (χ4n) is 1.15. The van der Waals surface area contributed by atoms with Gasteiger partial charge in [-0.2, -0.15) is 0 Å². The maximum atomic E-state index is 4.39. The highest BCUT2D eigenvalue weighted by Crippen LogP contribution is 2.17. The van der Waals surface area contributed by atoms with Crippen molar-refractivity contribution in [2.45, 2.75) is 19.4 Å². The Bertz CT molecular complexity index is 343. The van der Waals surface area contributed by atoms with Gasteiger partial charge in [-0.3, -0.25) is 4.99 Å². The molecule has 0 saturated carbocycles. The Morgan fingerprint density at radius 1 is 1.31 bits per heavy atom. The van der Waals surface area contributed by atoms with Crippen LogP contribution >= 0.6 is 0 Å². The minimum atomic E-state index is -0.138. The van der Waals surface area contributed by atoms with Crippen molar-refractivity contribution in [1.29, 1.82) is 0 Å². The molecule has 0 saturated heterocycles. The fourth-order valence-corrected chi connectivity index (χ4v) is 1.15. The molecule has 3 nitrogen and oxygen atoms in total. The van der Waals surface area contributed by atoms with Crippen molar-refractivity contribution < 1.29 is 0 Å². The molecule has 13 heavy (non-hydrogen) atoms. The first-order chi connectivity index (χ1) is 6.17. The molecule has 0 amide bonds. The molecular weight excluding hydrogens is 162 g/mol. The standard InChI is InChI=1S/C10H11N3/c1-10(2)4-3-8-5-11-7-12-9(8)6-13-10/h3-7H,1-2H3. The molecule has 1 aliphatic rings. The Labute approximate surface area is 77.3 Å². The van der Waals surface area contributed by atoms with Crippen LogP contribution in [-0.4, -0.2) is 21.7 Å². The summed E-state index contributed by atoms with van der Waals surface area (Å²) < 4.78 is 0. The molecule has 0 aromatic carbocycles. The third-order valence-electron chi connectivity index (χ3n) is 1.96. The lowest BCUT2D eigenvalue weighted by Crippen LogP contribution is -2.11. The maximum Gasteiger partial charge on any atom is 0.116 e. The summed E-state index contributed by atoms with van der Waals surface area (Å²) in [6.45, 7) is 4.11. The smallest absolute Gasteiger partial charge is 0.116 e. The molecule has 3 heteroatoms. The first kappa shape index (κ1) is 8.10. The topological polar surface area (TPSA) is 38.1 Å². The van der Waals surface area contributed by atoms with E-state index in [0.717, 1.165) is 11.3 Å². The molecule has 0 aliphatic carbocycles. The van der Waals surface area contributed by atoms with Crippen molar-refractivity contribution in [3.63, 3.8) is 0 Å². The lowest BCUT2D eigenvalue weighted by molar-refractivity contribution is 0.665. The second kappa shape index (κ2) is 2.76. The van der Waals surface area contributed by atoms with Gasteiger partial charge in [-0.25, -0.2) is 9.97 Å². The van der Waals surface area contributed by atoms with Crippen molar-refractivity contribution in [2.24, 2.45) is 4.99 Å². The van der Waals surface area contributed by atoms with Gasteiger partial charge in [0.2, 0.25) is 0 Å². The van der Waals surface area contributed by atoms with Gasteiger partial charge >= 0.3 is 0 Å². The van der Waals surface area contributed by atoms with Crippen molar-refractivity contribution in [3.8, 4) is 0 Å². The molecule has 2 heterocycles. The third kappa shape index (κ3) is 1.64. The summed E-state index contributed by atoms with van der Waals surface area (Å²) in [6, 6.07) is 0. The van der Waals surface area contributed by atoms with E-state index in [1.807, 2.05) is 6.08 Å². The van der Waals surface area contributed by atoms with Gasteiger partial charge in [-0.15, -0.1) is 0 Å². The van der Waals surface area contributed by atoms with Crippen LogP contribution in [-0.2, 0) is 0 Å². The van der Waals surface area contributed by atoms with Crippen LogP contribution in [0.5, 0.6) is 0 Å². The molecule has 1 aliphatic heterocycles. The van der Waals surface area contributed by atoms with Gasteiger partial charge in [0.1, 0.15) is 6.33 Å². The second-order valence-electron chi connectivity index (χ2n) is 3.61. The van der Waals surface area contributed by atoms with E-state index in [2.05, 4.69) is 34.9 Å². The molecule has 0 unspecified atom stereocenters. The first-order valence-electron chi connectivity index (χ1n) is 4.22. The van der Waals surface area contributed by atoms with E-state index >= 15 is 0 Å². The number of aromatic nitrogens is 2. The number of nitrogens with zero attached hydrogens (tertiary/aromatic N) is 3. The molecule has 0 N–H and O–H groups in total. The quantitative estimate of drug-likeness (QED) is 0.599. The predicted molar refractivity (Wildman–Crippen MR) is 52.7 cm³/mol. The molecule has 2 rings (SSSR count). The van der Waals surface area contributed by atoms with E-state index < -0.39 is 0 Å². The highest BCUT2D eigenvalue weighted by Gasteiger charge is 2.13. The Balaban J connectivity index is 2.53. The zero-order valence-electron chi connectivity index (χ0n) is 7.73. The molecule has 0 radical (unpaired) electrons. The van der Waals surface area contributed by atoms with Crippen LogP contribution < -0.4 is 0 Å².